The second kappa shape index (κ2) is 6.77. The molecule has 1 fully saturated rings. The van der Waals surface area contributed by atoms with Crippen molar-refractivity contribution in [3.8, 4) is 0 Å². The second-order valence-corrected chi connectivity index (χ2v) is 6.29. The van der Waals surface area contributed by atoms with Crippen LogP contribution in [0.1, 0.15) is 35.7 Å². The summed E-state index contributed by atoms with van der Waals surface area (Å²) in [7, 11) is 0. The maximum absolute atomic E-state index is 12.3. The Kier molecular flexibility index (Phi) is 4.55. The molecule has 0 radical (unpaired) electrons. The van der Waals surface area contributed by atoms with Crippen molar-refractivity contribution in [1.82, 2.24) is 9.97 Å². The van der Waals surface area contributed by atoms with E-state index in [0.717, 1.165) is 24.3 Å². The number of amides is 1. The van der Waals surface area contributed by atoms with Crippen LogP contribution in [0.4, 0.5) is 11.6 Å². The van der Waals surface area contributed by atoms with E-state index in [9.17, 15) is 4.79 Å². The first-order valence-electron chi connectivity index (χ1n) is 8.07. The molecular formula is C18H22N4O. The summed E-state index contributed by atoms with van der Waals surface area (Å²) in [6.07, 6.45) is 5.63. The molecule has 5 heteroatoms. The average molecular weight is 310 g/mol. The van der Waals surface area contributed by atoms with Crippen LogP contribution in [0.25, 0.3) is 0 Å². The zero-order valence-corrected chi connectivity index (χ0v) is 13.6. The molecule has 23 heavy (non-hydrogen) atoms. The molecule has 3 rings (SSSR count). The lowest BCUT2D eigenvalue weighted by Gasteiger charge is -2.30. The average Bonchev–Trinajstić information content (AvgIpc) is 2.55. The van der Waals surface area contributed by atoms with Crippen molar-refractivity contribution >= 4 is 17.5 Å². The van der Waals surface area contributed by atoms with E-state index in [4.69, 9.17) is 0 Å². The molecular weight excluding hydrogens is 288 g/mol. The van der Waals surface area contributed by atoms with Crippen LogP contribution in [0, 0.1) is 12.8 Å². The van der Waals surface area contributed by atoms with Crippen molar-refractivity contribution in [2.75, 3.05) is 23.3 Å². The van der Waals surface area contributed by atoms with Gasteiger partial charge in [-0.1, -0.05) is 19.1 Å². The Bertz CT molecular complexity index is 684. The largest absolute Gasteiger partial charge is 0.341 e. The Balaban J connectivity index is 1.68. The van der Waals surface area contributed by atoms with Gasteiger partial charge in [0.15, 0.2) is 0 Å². The summed E-state index contributed by atoms with van der Waals surface area (Å²) in [5.41, 5.74) is 2.36. The third-order valence-electron chi connectivity index (χ3n) is 4.12. The van der Waals surface area contributed by atoms with E-state index in [0.29, 0.717) is 17.4 Å². The van der Waals surface area contributed by atoms with Crippen LogP contribution in [-0.2, 0) is 0 Å². The van der Waals surface area contributed by atoms with Crippen molar-refractivity contribution in [2.24, 2.45) is 5.92 Å². The van der Waals surface area contributed by atoms with Gasteiger partial charge in [-0.15, -0.1) is 0 Å². The number of hydrogen-bond acceptors (Lipinski definition) is 4. The standard InChI is InChI=1S/C18H22N4O/c1-13-5-3-7-16(9-13)21-17(23)15-10-19-18(20-11-15)22-8-4-6-14(2)12-22/h3,5,7,9-11,14H,4,6,8,12H2,1-2H3,(H,21,23). The molecule has 0 saturated carbocycles. The highest BCUT2D eigenvalue weighted by Crippen LogP contribution is 2.19. The summed E-state index contributed by atoms with van der Waals surface area (Å²) in [5, 5.41) is 2.87. The minimum absolute atomic E-state index is 0.186. The van der Waals surface area contributed by atoms with E-state index in [1.165, 1.54) is 12.8 Å². The fourth-order valence-corrected chi connectivity index (χ4v) is 2.90. The number of aryl methyl sites for hydroxylation is 1. The molecule has 2 aromatic rings. The first-order valence-corrected chi connectivity index (χ1v) is 8.07. The number of nitrogens with one attached hydrogen (secondary N) is 1. The van der Waals surface area contributed by atoms with Gasteiger partial charge in [0, 0.05) is 31.2 Å². The number of carbonyl (C=O) groups is 1. The summed E-state index contributed by atoms with van der Waals surface area (Å²) in [6, 6.07) is 7.72. The number of nitrogens with zero attached hydrogens (tertiary/aromatic N) is 3. The Morgan fingerprint density at radius 1 is 1.30 bits per heavy atom. The van der Waals surface area contributed by atoms with Crippen LogP contribution in [-0.4, -0.2) is 29.0 Å². The molecule has 1 aliphatic rings. The molecule has 1 aromatic carbocycles. The van der Waals surface area contributed by atoms with E-state index < -0.39 is 0 Å². The van der Waals surface area contributed by atoms with Crippen molar-refractivity contribution in [2.45, 2.75) is 26.7 Å². The van der Waals surface area contributed by atoms with E-state index in [1.807, 2.05) is 31.2 Å². The van der Waals surface area contributed by atoms with Gasteiger partial charge in [0.25, 0.3) is 5.91 Å². The van der Waals surface area contributed by atoms with Gasteiger partial charge >= 0.3 is 0 Å². The van der Waals surface area contributed by atoms with Gasteiger partial charge in [-0.2, -0.15) is 0 Å². The molecule has 1 N–H and O–H groups in total. The lowest BCUT2D eigenvalue weighted by molar-refractivity contribution is 0.102. The number of carbonyl (C=O) groups excluding carboxylic acids is 1. The molecule has 0 aliphatic carbocycles. The van der Waals surface area contributed by atoms with Crippen LogP contribution < -0.4 is 10.2 Å². The van der Waals surface area contributed by atoms with E-state index in [-0.39, 0.29) is 5.91 Å². The van der Waals surface area contributed by atoms with Gasteiger partial charge in [-0.3, -0.25) is 4.79 Å². The highest BCUT2D eigenvalue weighted by Gasteiger charge is 2.19. The SMILES string of the molecule is Cc1cccc(NC(=O)c2cnc(N3CCCC(C)C3)nc2)c1. The quantitative estimate of drug-likeness (QED) is 0.945. The number of aromatic nitrogens is 2. The first-order chi connectivity index (χ1) is 11.1. The third-order valence-corrected chi connectivity index (χ3v) is 4.12. The molecule has 1 amide bonds. The van der Waals surface area contributed by atoms with Crippen molar-refractivity contribution in [3.05, 3.63) is 47.8 Å². The minimum atomic E-state index is -0.186. The molecule has 2 heterocycles. The number of hydrogen-bond donors (Lipinski definition) is 1. The Morgan fingerprint density at radius 3 is 2.78 bits per heavy atom. The van der Waals surface area contributed by atoms with Gasteiger partial charge < -0.3 is 10.2 Å². The molecule has 1 unspecified atom stereocenters. The van der Waals surface area contributed by atoms with Gasteiger partial charge in [0.2, 0.25) is 5.95 Å². The topological polar surface area (TPSA) is 58.1 Å². The highest BCUT2D eigenvalue weighted by atomic mass is 16.1. The highest BCUT2D eigenvalue weighted by molar-refractivity contribution is 6.03. The summed E-state index contributed by atoms with van der Waals surface area (Å²) in [4.78, 5) is 23.2. The zero-order valence-electron chi connectivity index (χ0n) is 13.6. The Hall–Kier alpha value is -2.43. The number of piperidine rings is 1. The second-order valence-electron chi connectivity index (χ2n) is 6.29. The van der Waals surface area contributed by atoms with Gasteiger partial charge in [0.1, 0.15) is 0 Å². The fraction of sp³-hybridized carbons (Fsp3) is 0.389. The molecule has 0 bridgehead atoms. The lowest BCUT2D eigenvalue weighted by atomic mass is 10.0. The number of benzene rings is 1. The predicted molar refractivity (Wildman–Crippen MR) is 91.8 cm³/mol. The molecule has 1 aromatic heterocycles. The van der Waals surface area contributed by atoms with Crippen LogP contribution in [0.3, 0.4) is 0 Å². The summed E-state index contributed by atoms with van der Waals surface area (Å²) < 4.78 is 0. The van der Waals surface area contributed by atoms with Crippen molar-refractivity contribution in [3.63, 3.8) is 0 Å². The van der Waals surface area contributed by atoms with Crippen LogP contribution in [0.15, 0.2) is 36.7 Å². The van der Waals surface area contributed by atoms with Crippen molar-refractivity contribution in [1.29, 1.82) is 0 Å². The summed E-state index contributed by atoms with van der Waals surface area (Å²) in [5.74, 6) is 1.19. The third kappa shape index (κ3) is 3.86. The molecule has 1 aliphatic heterocycles. The molecule has 0 spiro atoms. The monoisotopic (exact) mass is 310 g/mol. The maximum atomic E-state index is 12.3. The summed E-state index contributed by atoms with van der Waals surface area (Å²) in [6.45, 7) is 6.21. The van der Waals surface area contributed by atoms with Crippen LogP contribution in [0.5, 0.6) is 0 Å². The van der Waals surface area contributed by atoms with E-state index in [2.05, 4.69) is 27.1 Å². The molecule has 1 saturated heterocycles. The first kappa shape index (κ1) is 15.5. The Morgan fingerprint density at radius 2 is 2.09 bits per heavy atom. The van der Waals surface area contributed by atoms with Crippen LogP contribution in [0.2, 0.25) is 0 Å². The fourth-order valence-electron chi connectivity index (χ4n) is 2.90. The normalized spacial score (nSPS) is 17.8. The zero-order chi connectivity index (χ0) is 16.2. The predicted octanol–water partition coefficient (Wildman–Crippen LogP) is 3.27. The minimum Gasteiger partial charge on any atom is -0.341 e. The van der Waals surface area contributed by atoms with Gasteiger partial charge in [-0.05, 0) is 43.4 Å². The number of anilines is 2. The van der Waals surface area contributed by atoms with Gasteiger partial charge in [-0.25, -0.2) is 9.97 Å². The lowest BCUT2D eigenvalue weighted by Crippen LogP contribution is -2.35. The van der Waals surface area contributed by atoms with Crippen molar-refractivity contribution < 1.29 is 4.79 Å². The molecule has 5 nitrogen and oxygen atoms in total. The van der Waals surface area contributed by atoms with E-state index in [1.54, 1.807) is 12.4 Å². The maximum Gasteiger partial charge on any atom is 0.258 e. The Labute approximate surface area is 136 Å². The number of rotatable bonds is 3. The smallest absolute Gasteiger partial charge is 0.258 e. The van der Waals surface area contributed by atoms with Gasteiger partial charge in [0.05, 0.1) is 5.56 Å². The summed E-state index contributed by atoms with van der Waals surface area (Å²) >= 11 is 0. The van der Waals surface area contributed by atoms with Crippen LogP contribution >= 0.6 is 0 Å². The van der Waals surface area contributed by atoms with E-state index >= 15 is 0 Å². The molecule has 120 valence electrons. The molecule has 1 atom stereocenters.